The van der Waals surface area contributed by atoms with Crippen molar-refractivity contribution >= 4 is 16.9 Å². The fourth-order valence-electron chi connectivity index (χ4n) is 4.13. The normalized spacial score (nSPS) is 23.9. The summed E-state index contributed by atoms with van der Waals surface area (Å²) in [4.78, 5) is 25.2. The number of hydrogen-bond acceptors (Lipinski definition) is 11. The molecule has 0 unspecified atom stereocenters. The molecule has 11 nitrogen and oxygen atoms in total. The first-order valence-corrected chi connectivity index (χ1v) is 11.3. The number of aliphatic hydroxyl groups excluding tert-OH is 2. The predicted molar refractivity (Wildman–Crippen MR) is 125 cm³/mol. The molecule has 4 rings (SSSR count). The highest BCUT2D eigenvalue weighted by Gasteiger charge is 2.48. The number of aliphatic hydroxyl groups is 2. The summed E-state index contributed by atoms with van der Waals surface area (Å²) in [6.07, 6.45) is -5.96. The largest absolute Gasteiger partial charge is 0.508 e. The van der Waals surface area contributed by atoms with Gasteiger partial charge in [-0.15, -0.1) is 0 Å². The van der Waals surface area contributed by atoms with Gasteiger partial charge in [0.2, 0.25) is 17.5 Å². The Morgan fingerprint density at radius 1 is 1.03 bits per heavy atom. The average Bonchev–Trinajstić information content (AvgIpc) is 2.81. The molecule has 0 saturated carbocycles. The average molecular weight is 502 g/mol. The Morgan fingerprint density at radius 2 is 1.72 bits per heavy atom. The van der Waals surface area contributed by atoms with Crippen LogP contribution in [0, 0.1) is 0 Å². The summed E-state index contributed by atoms with van der Waals surface area (Å²) >= 11 is 0. The Balaban J connectivity index is 1.88. The number of aromatic hydroxyl groups is 3. The second kappa shape index (κ2) is 10.1. The third kappa shape index (κ3) is 4.81. The van der Waals surface area contributed by atoms with E-state index in [2.05, 4.69) is 0 Å². The van der Waals surface area contributed by atoms with Crippen molar-refractivity contribution in [3.05, 3.63) is 46.6 Å². The molecule has 1 aliphatic rings. The van der Waals surface area contributed by atoms with E-state index in [9.17, 15) is 35.1 Å². The minimum Gasteiger partial charge on any atom is -0.508 e. The van der Waals surface area contributed by atoms with Crippen molar-refractivity contribution in [3.8, 4) is 34.3 Å². The van der Waals surface area contributed by atoms with Crippen molar-refractivity contribution in [2.75, 3.05) is 0 Å². The zero-order chi connectivity index (χ0) is 26.1. The highest BCUT2D eigenvalue weighted by atomic mass is 16.7. The smallest absolute Gasteiger partial charge is 0.303 e. The number of carbonyl (C=O) groups excluding carboxylic acids is 1. The zero-order valence-corrected chi connectivity index (χ0v) is 19.5. The number of ether oxygens (including phenoxy) is 3. The van der Waals surface area contributed by atoms with E-state index < -0.39 is 53.6 Å². The van der Waals surface area contributed by atoms with Crippen LogP contribution in [-0.4, -0.2) is 62.2 Å². The lowest BCUT2D eigenvalue weighted by molar-refractivity contribution is -0.278. The van der Waals surface area contributed by atoms with Crippen LogP contribution in [-0.2, 0) is 14.3 Å². The second-order valence-electron chi connectivity index (χ2n) is 8.48. The molecule has 0 radical (unpaired) electrons. The summed E-state index contributed by atoms with van der Waals surface area (Å²) in [6.45, 7) is 2.95. The molecule has 2 heterocycles. The molecule has 1 fully saturated rings. The molecule has 3 aromatic rings. The zero-order valence-electron chi connectivity index (χ0n) is 19.5. The Morgan fingerprint density at radius 3 is 2.36 bits per heavy atom. The highest BCUT2D eigenvalue weighted by Crippen LogP contribution is 2.38. The lowest BCUT2D eigenvalue weighted by Gasteiger charge is -2.41. The number of carbonyl (C=O) groups is 1. The van der Waals surface area contributed by atoms with Gasteiger partial charge in [0.15, 0.2) is 11.9 Å². The number of rotatable bonds is 6. The van der Waals surface area contributed by atoms with Crippen LogP contribution in [0.1, 0.15) is 26.7 Å². The molecule has 0 aliphatic carbocycles. The van der Waals surface area contributed by atoms with Crippen molar-refractivity contribution in [2.45, 2.75) is 57.4 Å². The standard InChI is InChI=1S/C25H26O11/c1-3-4-16-19(30)21(32)24(33-11(2)26)25(35-16)36-23-20(31)18-15(29)9-14(28)10-17(18)34-22(23)12-5-7-13(27)8-6-12/h5-10,16,19,21,24-25,27-30,32H,3-4H2,1-2H3/t16-,19-,21+,24+,25-/m0/s1. The van der Waals surface area contributed by atoms with Crippen LogP contribution in [0.4, 0.5) is 0 Å². The molecular weight excluding hydrogens is 476 g/mol. The highest BCUT2D eigenvalue weighted by molar-refractivity contribution is 5.88. The summed E-state index contributed by atoms with van der Waals surface area (Å²) in [5.41, 5.74) is -0.696. The van der Waals surface area contributed by atoms with E-state index in [1.165, 1.54) is 24.3 Å². The maximum atomic E-state index is 13.5. The quantitative estimate of drug-likeness (QED) is 0.312. The summed E-state index contributed by atoms with van der Waals surface area (Å²) in [6, 6.07) is 7.68. The third-order valence-corrected chi connectivity index (χ3v) is 5.80. The fourth-order valence-corrected chi connectivity index (χ4v) is 4.13. The molecule has 0 bridgehead atoms. The molecule has 192 valence electrons. The van der Waals surface area contributed by atoms with E-state index in [4.69, 9.17) is 18.6 Å². The minimum absolute atomic E-state index is 0.0512. The molecule has 0 spiro atoms. The van der Waals surface area contributed by atoms with Gasteiger partial charge < -0.3 is 44.2 Å². The van der Waals surface area contributed by atoms with Crippen LogP contribution in [0.25, 0.3) is 22.3 Å². The predicted octanol–water partition coefficient (Wildman–Crippen LogP) is 2.13. The van der Waals surface area contributed by atoms with Gasteiger partial charge in [0, 0.05) is 24.6 Å². The Labute approximate surface area is 204 Å². The van der Waals surface area contributed by atoms with Crippen LogP contribution < -0.4 is 10.2 Å². The second-order valence-corrected chi connectivity index (χ2v) is 8.48. The molecule has 2 aromatic carbocycles. The van der Waals surface area contributed by atoms with Crippen LogP contribution in [0.3, 0.4) is 0 Å². The summed E-state index contributed by atoms with van der Waals surface area (Å²) < 4.78 is 22.7. The number of phenols is 3. The van der Waals surface area contributed by atoms with E-state index in [0.717, 1.165) is 19.1 Å². The van der Waals surface area contributed by atoms with Gasteiger partial charge in [-0.05, 0) is 30.7 Å². The van der Waals surface area contributed by atoms with Crippen LogP contribution in [0.2, 0.25) is 0 Å². The van der Waals surface area contributed by atoms with Crippen molar-refractivity contribution in [1.29, 1.82) is 0 Å². The van der Waals surface area contributed by atoms with Gasteiger partial charge in [-0.25, -0.2) is 0 Å². The number of benzene rings is 2. The first-order valence-electron chi connectivity index (χ1n) is 11.3. The molecule has 1 saturated heterocycles. The number of fused-ring (bicyclic) bond motifs is 1. The Hall–Kier alpha value is -3.80. The molecule has 1 aliphatic heterocycles. The van der Waals surface area contributed by atoms with Crippen LogP contribution in [0.5, 0.6) is 23.0 Å². The molecular formula is C25H26O11. The molecule has 1 aromatic heterocycles. The molecule has 5 atom stereocenters. The number of esters is 1. The molecule has 5 N–H and O–H groups in total. The molecule has 36 heavy (non-hydrogen) atoms. The Kier molecular flexibility index (Phi) is 7.07. The van der Waals surface area contributed by atoms with E-state index in [1.54, 1.807) is 0 Å². The third-order valence-electron chi connectivity index (χ3n) is 5.80. The van der Waals surface area contributed by atoms with E-state index >= 15 is 0 Å². The van der Waals surface area contributed by atoms with Crippen molar-refractivity contribution in [1.82, 2.24) is 0 Å². The van der Waals surface area contributed by atoms with Crippen LogP contribution in [0.15, 0.2) is 45.6 Å². The lowest BCUT2D eigenvalue weighted by Crippen LogP contribution is -2.60. The van der Waals surface area contributed by atoms with Crippen molar-refractivity contribution in [2.24, 2.45) is 0 Å². The van der Waals surface area contributed by atoms with E-state index in [0.29, 0.717) is 12.8 Å². The van der Waals surface area contributed by atoms with Crippen molar-refractivity contribution in [3.63, 3.8) is 0 Å². The minimum atomic E-state index is -1.58. The topological polar surface area (TPSA) is 176 Å². The molecule has 11 heteroatoms. The van der Waals surface area contributed by atoms with Gasteiger partial charge in [-0.2, -0.15) is 0 Å². The van der Waals surface area contributed by atoms with Crippen molar-refractivity contribution < 1.29 is 49.0 Å². The van der Waals surface area contributed by atoms with E-state index in [-0.39, 0.29) is 33.8 Å². The first-order chi connectivity index (χ1) is 17.1. The van der Waals surface area contributed by atoms with E-state index in [1.807, 2.05) is 6.92 Å². The van der Waals surface area contributed by atoms with Crippen LogP contribution >= 0.6 is 0 Å². The monoisotopic (exact) mass is 502 g/mol. The summed E-state index contributed by atoms with van der Waals surface area (Å²) in [5.74, 6) is -2.34. The van der Waals surface area contributed by atoms with Gasteiger partial charge in [0.1, 0.15) is 40.4 Å². The summed E-state index contributed by atoms with van der Waals surface area (Å²) in [5, 5.41) is 50.7. The number of hydrogen-bond donors (Lipinski definition) is 5. The van der Waals surface area contributed by atoms with Gasteiger partial charge in [0.25, 0.3) is 0 Å². The number of phenolic OH excluding ortho intramolecular Hbond substituents is 3. The maximum absolute atomic E-state index is 13.5. The van der Waals surface area contributed by atoms with Gasteiger partial charge in [-0.1, -0.05) is 13.3 Å². The fraction of sp³-hybridized carbons (Fsp3) is 0.360. The lowest BCUT2D eigenvalue weighted by atomic mass is 9.96. The summed E-state index contributed by atoms with van der Waals surface area (Å²) in [7, 11) is 0. The maximum Gasteiger partial charge on any atom is 0.303 e. The first kappa shape index (κ1) is 25.3. The molecule has 0 amide bonds. The van der Waals surface area contributed by atoms with Gasteiger partial charge in [-0.3, -0.25) is 9.59 Å². The SMILES string of the molecule is CCC[C@@H]1O[C@@H](Oc2c(-c3ccc(O)cc3)oc3cc(O)cc(O)c3c2=O)[C@H](OC(C)=O)[C@H](O)[C@H]1O. The van der Waals surface area contributed by atoms with Gasteiger partial charge >= 0.3 is 5.97 Å². The Bertz CT molecular complexity index is 1310. The van der Waals surface area contributed by atoms with Gasteiger partial charge in [0.05, 0.1) is 6.10 Å².